The highest BCUT2D eigenvalue weighted by atomic mass is 16.4. The van der Waals surface area contributed by atoms with E-state index in [0.29, 0.717) is 23.3 Å². The molecule has 0 aliphatic heterocycles. The molecule has 0 radical (unpaired) electrons. The number of carboxylic acid groups (broad SMARTS) is 2. The van der Waals surface area contributed by atoms with E-state index < -0.39 is 29.8 Å². The minimum Gasteiger partial charge on any atom is -0.480 e. The van der Waals surface area contributed by atoms with Gasteiger partial charge in [0.2, 0.25) is 5.95 Å². The van der Waals surface area contributed by atoms with Crippen molar-refractivity contribution in [3.63, 3.8) is 0 Å². The second kappa shape index (κ2) is 13.0. The molecule has 0 fully saturated rings. The van der Waals surface area contributed by atoms with Crippen LogP contribution in [0.2, 0.25) is 0 Å². The lowest BCUT2D eigenvalue weighted by Crippen LogP contribution is -2.41. The number of nitrogens with two attached hydrogens (primary N) is 2. The molecule has 14 nitrogen and oxygen atoms in total. The van der Waals surface area contributed by atoms with Crippen molar-refractivity contribution < 1.29 is 29.4 Å². The number of benzene rings is 2. The highest BCUT2D eigenvalue weighted by Crippen LogP contribution is 2.19. The summed E-state index contributed by atoms with van der Waals surface area (Å²) in [5, 5.41) is 27.7. The highest BCUT2D eigenvalue weighted by Gasteiger charge is 2.21. The van der Waals surface area contributed by atoms with Gasteiger partial charge in [0.05, 0.1) is 16.5 Å². The summed E-state index contributed by atoms with van der Waals surface area (Å²) in [6, 6.07) is 12.9. The number of carbonyl (C=O) groups is 4. The van der Waals surface area contributed by atoms with Crippen molar-refractivity contribution in [3.05, 3.63) is 83.0 Å². The molecular formula is C28H28N8O6. The first-order valence-electron chi connectivity index (χ1n) is 12.8. The summed E-state index contributed by atoms with van der Waals surface area (Å²) in [6.45, 7) is 0.491. The van der Waals surface area contributed by atoms with Gasteiger partial charge in [-0.2, -0.15) is 9.97 Å². The van der Waals surface area contributed by atoms with Gasteiger partial charge in [-0.05, 0) is 60.9 Å². The van der Waals surface area contributed by atoms with Gasteiger partial charge in [0, 0.05) is 30.5 Å². The third-order valence-corrected chi connectivity index (χ3v) is 6.26. The Bertz CT molecular complexity index is 1640. The lowest BCUT2D eigenvalue weighted by molar-refractivity contribution is -0.139. The normalized spacial score (nSPS) is 11.4. The van der Waals surface area contributed by atoms with Gasteiger partial charge in [-0.1, -0.05) is 12.1 Å². The van der Waals surface area contributed by atoms with E-state index in [1.54, 1.807) is 42.6 Å². The number of anilines is 3. The fourth-order valence-corrected chi connectivity index (χ4v) is 4.11. The van der Waals surface area contributed by atoms with E-state index in [1.807, 2.05) is 0 Å². The Hall–Kier alpha value is -5.79. The third-order valence-electron chi connectivity index (χ3n) is 6.26. The van der Waals surface area contributed by atoms with Gasteiger partial charge in [-0.15, -0.1) is 0 Å². The molecule has 4 aromatic rings. The van der Waals surface area contributed by atoms with Crippen LogP contribution in [0.1, 0.15) is 49.5 Å². The number of pyridine rings is 1. The summed E-state index contributed by atoms with van der Waals surface area (Å²) in [4.78, 5) is 60.3. The largest absolute Gasteiger partial charge is 0.480 e. The molecule has 4 rings (SSSR count). The number of aromatic carboxylic acids is 1. The van der Waals surface area contributed by atoms with Crippen LogP contribution in [0.5, 0.6) is 0 Å². The predicted octanol–water partition coefficient (Wildman–Crippen LogP) is 1.89. The van der Waals surface area contributed by atoms with Crippen LogP contribution in [-0.4, -0.2) is 61.5 Å². The molecule has 14 heteroatoms. The number of hydrogen-bond acceptors (Lipinski definition) is 10. The molecule has 0 aliphatic rings. The second-order valence-electron chi connectivity index (χ2n) is 9.23. The zero-order chi connectivity index (χ0) is 30.2. The summed E-state index contributed by atoms with van der Waals surface area (Å²) in [5.41, 5.74) is 13.6. The van der Waals surface area contributed by atoms with Crippen molar-refractivity contribution >= 4 is 52.2 Å². The van der Waals surface area contributed by atoms with Crippen LogP contribution in [0.25, 0.3) is 11.0 Å². The molecule has 9 N–H and O–H groups in total. The number of aromatic nitrogens is 3. The predicted molar refractivity (Wildman–Crippen MR) is 154 cm³/mol. The van der Waals surface area contributed by atoms with Crippen molar-refractivity contribution in [2.75, 3.05) is 23.3 Å². The fourth-order valence-electron chi connectivity index (χ4n) is 4.11. The first kappa shape index (κ1) is 29.2. The molecule has 1 atom stereocenters. The van der Waals surface area contributed by atoms with Crippen LogP contribution in [0, 0.1) is 0 Å². The molecule has 216 valence electrons. The maximum Gasteiger partial charge on any atom is 0.336 e. The molecule has 0 saturated heterocycles. The van der Waals surface area contributed by atoms with Gasteiger partial charge >= 0.3 is 11.9 Å². The summed E-state index contributed by atoms with van der Waals surface area (Å²) >= 11 is 0. The fraction of sp³-hybridized carbons (Fsp3) is 0.179. The first-order valence-corrected chi connectivity index (χ1v) is 12.8. The standard InChI is InChI=1S/C28H28N8O6/c29-22-20-12-15(14-33-23(20)36-28(30)35-22)13-32-17-9-7-16(8-10-17)24(37)34-21(27(41)42)6-3-11-31-25(38)18-4-1-2-5-19(18)26(39)40/h1-2,4-5,7-10,12,14,21,32H,3,6,11,13H2,(H,31,38)(H,34,37)(H,39,40)(H,41,42)(H4,29,30,33,35,36). The van der Waals surface area contributed by atoms with Crippen LogP contribution in [0.15, 0.2) is 60.8 Å². The number of rotatable bonds is 12. The monoisotopic (exact) mass is 572 g/mol. The Kier molecular flexibility index (Phi) is 9.07. The van der Waals surface area contributed by atoms with E-state index in [9.17, 15) is 29.4 Å². The molecule has 1 unspecified atom stereocenters. The lowest BCUT2D eigenvalue weighted by atomic mass is 10.1. The molecule has 0 saturated carbocycles. The van der Waals surface area contributed by atoms with Crippen LogP contribution < -0.4 is 27.4 Å². The van der Waals surface area contributed by atoms with Gasteiger partial charge in [0.25, 0.3) is 11.8 Å². The number of fused-ring (bicyclic) bond motifs is 1. The van der Waals surface area contributed by atoms with E-state index in [0.717, 1.165) is 5.56 Å². The Morgan fingerprint density at radius 1 is 0.905 bits per heavy atom. The topological polar surface area (TPSA) is 236 Å². The smallest absolute Gasteiger partial charge is 0.336 e. The number of nitrogens with zero attached hydrogens (tertiary/aromatic N) is 3. The number of carbonyl (C=O) groups excluding carboxylic acids is 2. The maximum atomic E-state index is 12.7. The molecule has 0 spiro atoms. The minimum atomic E-state index is -1.23. The maximum absolute atomic E-state index is 12.7. The van der Waals surface area contributed by atoms with Crippen molar-refractivity contribution in [1.82, 2.24) is 25.6 Å². The van der Waals surface area contributed by atoms with Crippen LogP contribution in [0.4, 0.5) is 17.5 Å². The molecule has 2 aromatic carbocycles. The van der Waals surface area contributed by atoms with Gasteiger partial charge in [0.1, 0.15) is 11.9 Å². The van der Waals surface area contributed by atoms with Crippen LogP contribution in [0.3, 0.4) is 0 Å². The van der Waals surface area contributed by atoms with Crippen molar-refractivity contribution in [1.29, 1.82) is 0 Å². The summed E-state index contributed by atoms with van der Waals surface area (Å²) < 4.78 is 0. The number of nitrogen functional groups attached to an aromatic ring is 2. The summed E-state index contributed by atoms with van der Waals surface area (Å²) in [7, 11) is 0. The molecule has 0 bridgehead atoms. The Morgan fingerprint density at radius 2 is 1.62 bits per heavy atom. The molecule has 2 amide bonds. The van der Waals surface area contributed by atoms with Gasteiger partial charge < -0.3 is 37.6 Å². The number of aliphatic carboxylic acids is 1. The molecular weight excluding hydrogens is 544 g/mol. The first-order chi connectivity index (χ1) is 20.1. The number of hydrogen-bond donors (Lipinski definition) is 7. The van der Waals surface area contributed by atoms with Crippen molar-refractivity contribution in [3.8, 4) is 0 Å². The van der Waals surface area contributed by atoms with Crippen molar-refractivity contribution in [2.24, 2.45) is 0 Å². The summed E-state index contributed by atoms with van der Waals surface area (Å²) in [5.74, 6) is -3.33. The van der Waals surface area contributed by atoms with E-state index in [4.69, 9.17) is 11.5 Å². The summed E-state index contributed by atoms with van der Waals surface area (Å²) in [6.07, 6.45) is 1.91. The average molecular weight is 573 g/mol. The number of amides is 2. The van der Waals surface area contributed by atoms with Crippen LogP contribution in [-0.2, 0) is 11.3 Å². The molecule has 2 heterocycles. The zero-order valence-electron chi connectivity index (χ0n) is 22.2. The molecule has 42 heavy (non-hydrogen) atoms. The van der Waals surface area contributed by atoms with Crippen molar-refractivity contribution in [2.45, 2.75) is 25.4 Å². The second-order valence-corrected chi connectivity index (χ2v) is 9.23. The Balaban J connectivity index is 1.27. The minimum absolute atomic E-state index is 0.00450. The number of carboxylic acids is 2. The zero-order valence-corrected chi connectivity index (χ0v) is 22.2. The van der Waals surface area contributed by atoms with Crippen LogP contribution >= 0.6 is 0 Å². The Labute approximate surface area is 239 Å². The molecule has 2 aromatic heterocycles. The lowest BCUT2D eigenvalue weighted by Gasteiger charge is -2.15. The van der Waals surface area contributed by atoms with E-state index in [1.165, 1.54) is 18.2 Å². The van der Waals surface area contributed by atoms with E-state index in [-0.39, 0.29) is 47.8 Å². The average Bonchev–Trinajstić information content (AvgIpc) is 2.97. The Morgan fingerprint density at radius 3 is 2.31 bits per heavy atom. The van der Waals surface area contributed by atoms with Gasteiger partial charge in [-0.25, -0.2) is 14.6 Å². The van der Waals surface area contributed by atoms with E-state index >= 15 is 0 Å². The van der Waals surface area contributed by atoms with Gasteiger partial charge in [-0.3, -0.25) is 9.59 Å². The van der Waals surface area contributed by atoms with E-state index in [2.05, 4.69) is 30.9 Å². The SMILES string of the molecule is Nc1nc(N)c2cc(CNc3ccc(C(=O)NC(CCCNC(=O)c4ccccc4C(=O)O)C(=O)O)cc3)cnc2n1. The quantitative estimate of drug-likeness (QED) is 0.121. The van der Waals surface area contributed by atoms with Gasteiger partial charge in [0.15, 0.2) is 5.65 Å². The third kappa shape index (κ3) is 7.24. The number of nitrogens with one attached hydrogen (secondary N) is 3. The highest BCUT2D eigenvalue weighted by molar-refractivity contribution is 6.04. The molecule has 0 aliphatic carbocycles.